The summed E-state index contributed by atoms with van der Waals surface area (Å²) < 4.78 is 5.67. The Morgan fingerprint density at radius 2 is 1.71 bits per heavy atom. The standard InChI is InChI=1S/C21H23N3O4/c1-14(2)13-22-21(27)23-15-6-5-7-16(12-15)28-11-10-24-19(25)17-8-3-4-9-18(17)20(24)26/h3-9,12,14H,10-11,13H2,1-2H3,(H2,22,23,27). The van der Waals surface area contributed by atoms with Crippen LogP contribution in [0.1, 0.15) is 34.6 Å². The van der Waals surface area contributed by atoms with Crippen molar-refractivity contribution in [1.29, 1.82) is 0 Å². The van der Waals surface area contributed by atoms with E-state index in [-0.39, 0.29) is 31.0 Å². The van der Waals surface area contributed by atoms with E-state index in [1.54, 1.807) is 48.5 Å². The average molecular weight is 381 g/mol. The van der Waals surface area contributed by atoms with Gasteiger partial charge in [-0.3, -0.25) is 14.5 Å². The minimum atomic E-state index is -0.304. The molecule has 0 unspecified atom stereocenters. The maximum Gasteiger partial charge on any atom is 0.319 e. The van der Waals surface area contributed by atoms with Crippen molar-refractivity contribution in [3.8, 4) is 5.75 Å². The lowest BCUT2D eigenvalue weighted by molar-refractivity contribution is 0.0631. The highest BCUT2D eigenvalue weighted by molar-refractivity contribution is 6.21. The van der Waals surface area contributed by atoms with E-state index < -0.39 is 0 Å². The highest BCUT2D eigenvalue weighted by Gasteiger charge is 2.34. The number of hydrogen-bond donors (Lipinski definition) is 2. The fourth-order valence-corrected chi connectivity index (χ4v) is 2.83. The summed E-state index contributed by atoms with van der Waals surface area (Å²) >= 11 is 0. The number of hydrogen-bond acceptors (Lipinski definition) is 4. The molecule has 0 aromatic heterocycles. The summed E-state index contributed by atoms with van der Waals surface area (Å²) in [5, 5.41) is 5.52. The van der Waals surface area contributed by atoms with E-state index in [1.165, 1.54) is 4.90 Å². The minimum Gasteiger partial charge on any atom is -0.492 e. The second-order valence-electron chi connectivity index (χ2n) is 6.91. The molecule has 0 saturated heterocycles. The summed E-state index contributed by atoms with van der Waals surface area (Å²) in [4.78, 5) is 37.7. The smallest absolute Gasteiger partial charge is 0.319 e. The first-order chi connectivity index (χ1) is 13.5. The van der Waals surface area contributed by atoms with Crippen LogP contribution in [0.3, 0.4) is 0 Å². The quantitative estimate of drug-likeness (QED) is 0.721. The van der Waals surface area contributed by atoms with Crippen LogP contribution in [0.15, 0.2) is 48.5 Å². The van der Waals surface area contributed by atoms with Crippen LogP contribution in [0.5, 0.6) is 5.75 Å². The van der Waals surface area contributed by atoms with Crippen molar-refractivity contribution in [2.24, 2.45) is 5.92 Å². The summed E-state index contributed by atoms with van der Waals surface area (Å²) in [5.74, 6) is 0.295. The third-order valence-corrected chi connectivity index (χ3v) is 4.22. The van der Waals surface area contributed by atoms with Gasteiger partial charge in [-0.2, -0.15) is 0 Å². The number of carbonyl (C=O) groups is 3. The van der Waals surface area contributed by atoms with Crippen LogP contribution in [0.2, 0.25) is 0 Å². The zero-order valence-electron chi connectivity index (χ0n) is 15.9. The van der Waals surface area contributed by atoms with Crippen LogP contribution in [0.25, 0.3) is 0 Å². The molecule has 1 aliphatic rings. The first-order valence-corrected chi connectivity index (χ1v) is 9.18. The van der Waals surface area contributed by atoms with Crippen molar-refractivity contribution in [1.82, 2.24) is 10.2 Å². The number of fused-ring (bicyclic) bond motifs is 1. The zero-order valence-corrected chi connectivity index (χ0v) is 15.9. The molecule has 2 aromatic carbocycles. The number of urea groups is 1. The number of carbonyl (C=O) groups excluding carboxylic acids is 3. The van der Waals surface area contributed by atoms with E-state index in [0.717, 1.165) is 0 Å². The van der Waals surface area contributed by atoms with Gasteiger partial charge in [0.05, 0.1) is 17.7 Å². The van der Waals surface area contributed by atoms with E-state index in [2.05, 4.69) is 10.6 Å². The van der Waals surface area contributed by atoms with Crippen LogP contribution in [-0.2, 0) is 0 Å². The predicted octanol–water partition coefficient (Wildman–Crippen LogP) is 3.14. The first-order valence-electron chi connectivity index (χ1n) is 9.18. The first kappa shape index (κ1) is 19.4. The maximum absolute atomic E-state index is 12.3. The monoisotopic (exact) mass is 381 g/mol. The second kappa shape index (κ2) is 8.56. The molecule has 0 atom stereocenters. The highest BCUT2D eigenvalue weighted by atomic mass is 16.5. The number of nitrogens with zero attached hydrogens (tertiary/aromatic N) is 1. The fourth-order valence-electron chi connectivity index (χ4n) is 2.83. The third-order valence-electron chi connectivity index (χ3n) is 4.22. The lowest BCUT2D eigenvalue weighted by atomic mass is 10.1. The molecule has 3 rings (SSSR count). The van der Waals surface area contributed by atoms with Gasteiger partial charge >= 0.3 is 6.03 Å². The molecule has 0 saturated carbocycles. The molecule has 1 heterocycles. The molecule has 2 aromatic rings. The van der Waals surface area contributed by atoms with Crippen LogP contribution in [0, 0.1) is 5.92 Å². The van der Waals surface area contributed by atoms with Crippen LogP contribution >= 0.6 is 0 Å². The molecule has 7 nitrogen and oxygen atoms in total. The highest BCUT2D eigenvalue weighted by Crippen LogP contribution is 2.22. The van der Waals surface area contributed by atoms with Gasteiger partial charge in [0.25, 0.3) is 11.8 Å². The van der Waals surface area contributed by atoms with Gasteiger partial charge in [0.1, 0.15) is 12.4 Å². The van der Waals surface area contributed by atoms with Gasteiger partial charge in [0, 0.05) is 18.3 Å². The van der Waals surface area contributed by atoms with Crippen molar-refractivity contribution in [2.75, 3.05) is 25.0 Å². The Morgan fingerprint density at radius 3 is 2.36 bits per heavy atom. The van der Waals surface area contributed by atoms with E-state index >= 15 is 0 Å². The van der Waals surface area contributed by atoms with Crippen molar-refractivity contribution >= 4 is 23.5 Å². The van der Waals surface area contributed by atoms with Crippen molar-refractivity contribution in [3.63, 3.8) is 0 Å². The number of amides is 4. The summed E-state index contributed by atoms with van der Waals surface area (Å²) in [7, 11) is 0. The van der Waals surface area contributed by atoms with Crippen LogP contribution < -0.4 is 15.4 Å². The molecule has 0 aliphatic carbocycles. The Labute approximate surface area is 163 Å². The fraction of sp³-hybridized carbons (Fsp3) is 0.286. The van der Waals surface area contributed by atoms with Crippen LogP contribution in [-0.4, -0.2) is 42.4 Å². The normalized spacial score (nSPS) is 12.9. The summed E-state index contributed by atoms with van der Waals surface area (Å²) in [6.45, 7) is 4.93. The Kier molecular flexibility index (Phi) is 5.93. The van der Waals surface area contributed by atoms with Gasteiger partial charge in [-0.15, -0.1) is 0 Å². The Morgan fingerprint density at radius 1 is 1.04 bits per heavy atom. The summed E-state index contributed by atoms with van der Waals surface area (Å²) in [6, 6.07) is 13.4. The molecule has 28 heavy (non-hydrogen) atoms. The number of ether oxygens (including phenoxy) is 1. The van der Waals surface area contributed by atoms with Gasteiger partial charge in [-0.25, -0.2) is 4.79 Å². The molecule has 0 fully saturated rings. The van der Waals surface area contributed by atoms with Gasteiger partial charge in [-0.1, -0.05) is 32.0 Å². The van der Waals surface area contributed by atoms with Gasteiger partial charge < -0.3 is 15.4 Å². The van der Waals surface area contributed by atoms with Crippen molar-refractivity contribution in [3.05, 3.63) is 59.7 Å². The third kappa shape index (κ3) is 4.49. The molecule has 0 radical (unpaired) electrons. The van der Waals surface area contributed by atoms with E-state index in [0.29, 0.717) is 35.0 Å². The number of imide groups is 1. The maximum atomic E-state index is 12.3. The molecule has 1 aliphatic heterocycles. The number of benzene rings is 2. The number of rotatable bonds is 7. The lowest BCUT2D eigenvalue weighted by Gasteiger charge is -2.15. The molecule has 146 valence electrons. The van der Waals surface area contributed by atoms with Crippen LogP contribution in [0.4, 0.5) is 10.5 Å². The molecule has 4 amide bonds. The van der Waals surface area contributed by atoms with Crippen molar-refractivity contribution in [2.45, 2.75) is 13.8 Å². The Bertz CT molecular complexity index is 860. The molecular weight excluding hydrogens is 358 g/mol. The lowest BCUT2D eigenvalue weighted by Crippen LogP contribution is -2.33. The van der Waals surface area contributed by atoms with Gasteiger partial charge in [0.15, 0.2) is 0 Å². The Hall–Kier alpha value is -3.35. The summed E-state index contributed by atoms with van der Waals surface area (Å²) in [6.07, 6.45) is 0. The molecule has 7 heteroatoms. The zero-order chi connectivity index (χ0) is 20.1. The molecule has 0 bridgehead atoms. The topological polar surface area (TPSA) is 87.7 Å². The minimum absolute atomic E-state index is 0.152. The summed E-state index contributed by atoms with van der Waals surface area (Å²) in [5.41, 5.74) is 1.44. The van der Waals surface area contributed by atoms with E-state index in [1.807, 2.05) is 13.8 Å². The molecule has 0 spiro atoms. The van der Waals surface area contributed by atoms with E-state index in [4.69, 9.17) is 4.74 Å². The SMILES string of the molecule is CC(C)CNC(=O)Nc1cccc(OCCN2C(=O)c3ccccc3C2=O)c1. The second-order valence-corrected chi connectivity index (χ2v) is 6.91. The van der Waals surface area contributed by atoms with Gasteiger partial charge in [-0.05, 0) is 30.2 Å². The van der Waals surface area contributed by atoms with Gasteiger partial charge in [0.2, 0.25) is 0 Å². The van der Waals surface area contributed by atoms with E-state index in [9.17, 15) is 14.4 Å². The number of anilines is 1. The Balaban J connectivity index is 1.53. The molecule has 2 N–H and O–H groups in total. The molecular formula is C21H23N3O4. The van der Waals surface area contributed by atoms with Crippen molar-refractivity contribution < 1.29 is 19.1 Å². The predicted molar refractivity (Wildman–Crippen MR) is 106 cm³/mol. The average Bonchev–Trinajstić information content (AvgIpc) is 2.92. The number of nitrogens with one attached hydrogen (secondary N) is 2. The largest absolute Gasteiger partial charge is 0.492 e.